The van der Waals surface area contributed by atoms with E-state index in [0.29, 0.717) is 31.7 Å². The molecule has 9 nitrogen and oxygen atoms in total. The molecule has 0 bridgehead atoms. The molecule has 1 saturated carbocycles. The Hall–Kier alpha value is -2.84. The zero-order chi connectivity index (χ0) is 23.1. The minimum atomic E-state index is -0.848. The number of ether oxygens (including phenoxy) is 1. The average Bonchev–Trinajstić information content (AvgIpc) is 3.34. The zero-order valence-corrected chi connectivity index (χ0v) is 18.7. The van der Waals surface area contributed by atoms with Crippen LogP contribution in [-0.4, -0.2) is 26.6 Å². The number of carbonyl (C=O) groups excluding carboxylic acids is 1. The van der Waals surface area contributed by atoms with E-state index >= 15 is 0 Å². The SMILES string of the molecule is Cc1oc(=O)oc1COC(=O)CCCC[C@@H](Cc1cn(C2CCC(C)CC2)cn1)C(=O)O. The number of carbonyl (C=O) groups is 2. The van der Waals surface area contributed by atoms with Crippen molar-refractivity contribution in [3.63, 3.8) is 0 Å². The van der Waals surface area contributed by atoms with Crippen LogP contribution in [0.2, 0.25) is 0 Å². The van der Waals surface area contributed by atoms with Gasteiger partial charge in [-0.3, -0.25) is 9.59 Å². The summed E-state index contributed by atoms with van der Waals surface area (Å²) in [5.74, 6) is -1.39. The second kappa shape index (κ2) is 11.2. The Balaban J connectivity index is 1.39. The van der Waals surface area contributed by atoms with Crippen molar-refractivity contribution in [2.45, 2.75) is 84.3 Å². The van der Waals surface area contributed by atoms with Gasteiger partial charge in [-0.25, -0.2) is 9.78 Å². The fourth-order valence-electron chi connectivity index (χ4n) is 4.18. The highest BCUT2D eigenvalue weighted by atomic mass is 16.6. The maximum atomic E-state index is 11.9. The zero-order valence-electron chi connectivity index (χ0n) is 18.7. The lowest BCUT2D eigenvalue weighted by Gasteiger charge is -2.26. The maximum Gasteiger partial charge on any atom is 0.519 e. The Morgan fingerprint density at radius 2 is 2.00 bits per heavy atom. The van der Waals surface area contributed by atoms with Crippen LogP contribution in [0.1, 0.15) is 81.5 Å². The summed E-state index contributed by atoms with van der Waals surface area (Å²) >= 11 is 0. The first-order chi connectivity index (χ1) is 15.3. The van der Waals surface area contributed by atoms with Crippen molar-refractivity contribution in [2.75, 3.05) is 0 Å². The van der Waals surface area contributed by atoms with E-state index in [1.165, 1.54) is 12.8 Å². The molecule has 1 aliphatic rings. The van der Waals surface area contributed by atoms with E-state index in [-0.39, 0.29) is 24.5 Å². The van der Waals surface area contributed by atoms with Gasteiger partial charge >= 0.3 is 17.8 Å². The molecule has 1 N–H and O–H groups in total. The minimum Gasteiger partial charge on any atom is -0.481 e. The van der Waals surface area contributed by atoms with E-state index in [1.54, 1.807) is 6.92 Å². The van der Waals surface area contributed by atoms with Crippen LogP contribution in [0.15, 0.2) is 26.2 Å². The van der Waals surface area contributed by atoms with Gasteiger partial charge < -0.3 is 23.2 Å². The molecule has 0 unspecified atom stereocenters. The first-order valence-electron chi connectivity index (χ1n) is 11.3. The fourth-order valence-corrected chi connectivity index (χ4v) is 4.18. The molecule has 2 heterocycles. The summed E-state index contributed by atoms with van der Waals surface area (Å²) in [6.45, 7) is 3.68. The van der Waals surface area contributed by atoms with Crippen LogP contribution in [0, 0.1) is 18.8 Å². The number of esters is 1. The summed E-state index contributed by atoms with van der Waals surface area (Å²) in [7, 11) is 0. The van der Waals surface area contributed by atoms with Gasteiger partial charge in [-0.15, -0.1) is 0 Å². The number of nitrogens with zero attached hydrogens (tertiary/aromatic N) is 2. The smallest absolute Gasteiger partial charge is 0.481 e. The van der Waals surface area contributed by atoms with E-state index in [9.17, 15) is 19.5 Å². The van der Waals surface area contributed by atoms with Gasteiger partial charge in [0.2, 0.25) is 0 Å². The molecule has 0 spiro atoms. The van der Waals surface area contributed by atoms with E-state index in [4.69, 9.17) is 13.6 Å². The lowest BCUT2D eigenvalue weighted by Crippen LogP contribution is -2.17. The van der Waals surface area contributed by atoms with Crippen molar-refractivity contribution in [2.24, 2.45) is 11.8 Å². The minimum absolute atomic E-state index is 0.156. The molecule has 1 atom stereocenters. The van der Waals surface area contributed by atoms with Gasteiger partial charge in [0.25, 0.3) is 0 Å². The molecular weight excluding hydrogens is 416 g/mol. The third-order valence-electron chi connectivity index (χ3n) is 6.25. The lowest BCUT2D eigenvalue weighted by atomic mass is 9.87. The van der Waals surface area contributed by atoms with Gasteiger partial charge in [0, 0.05) is 25.1 Å². The number of aryl methyl sites for hydroxylation is 1. The molecule has 9 heteroatoms. The first kappa shape index (κ1) is 23.8. The molecule has 176 valence electrons. The van der Waals surface area contributed by atoms with Crippen LogP contribution < -0.4 is 5.82 Å². The van der Waals surface area contributed by atoms with Crippen LogP contribution in [-0.2, 0) is 27.4 Å². The maximum absolute atomic E-state index is 11.9. The monoisotopic (exact) mass is 448 g/mol. The molecule has 0 aromatic carbocycles. The van der Waals surface area contributed by atoms with Crippen molar-refractivity contribution in [1.82, 2.24) is 9.55 Å². The number of rotatable bonds is 11. The van der Waals surface area contributed by atoms with E-state index in [0.717, 1.165) is 24.5 Å². The number of hydrogen-bond donors (Lipinski definition) is 1. The number of carboxylic acids is 1. The second-order valence-electron chi connectivity index (χ2n) is 8.81. The Morgan fingerprint density at radius 3 is 2.66 bits per heavy atom. The van der Waals surface area contributed by atoms with Gasteiger partial charge in [0.05, 0.1) is 17.9 Å². The van der Waals surface area contributed by atoms with Gasteiger partial charge in [-0.05, 0) is 51.4 Å². The third kappa shape index (κ3) is 6.83. The highest BCUT2D eigenvalue weighted by Crippen LogP contribution is 2.32. The average molecular weight is 449 g/mol. The highest BCUT2D eigenvalue weighted by Gasteiger charge is 2.22. The first-order valence-corrected chi connectivity index (χ1v) is 11.3. The van der Waals surface area contributed by atoms with Gasteiger partial charge in [0.15, 0.2) is 18.1 Å². The van der Waals surface area contributed by atoms with Crippen molar-refractivity contribution < 1.29 is 28.3 Å². The molecular formula is C23H32N2O7. The molecule has 0 radical (unpaired) electrons. The van der Waals surface area contributed by atoms with E-state index in [2.05, 4.69) is 16.5 Å². The molecule has 32 heavy (non-hydrogen) atoms. The molecule has 0 saturated heterocycles. The Kier molecular flexibility index (Phi) is 8.30. The molecule has 1 fully saturated rings. The number of unbranched alkanes of at least 4 members (excludes halogenated alkanes) is 1. The Bertz CT molecular complexity index is 950. The Morgan fingerprint density at radius 1 is 1.25 bits per heavy atom. The van der Waals surface area contributed by atoms with E-state index < -0.39 is 23.7 Å². The fraction of sp³-hybridized carbons (Fsp3) is 0.652. The number of aromatic nitrogens is 2. The number of carboxylic acid groups (broad SMARTS) is 1. The van der Waals surface area contributed by atoms with Crippen LogP contribution in [0.25, 0.3) is 0 Å². The summed E-state index contributed by atoms with van der Waals surface area (Å²) in [4.78, 5) is 39.0. The van der Waals surface area contributed by atoms with Crippen LogP contribution in [0.5, 0.6) is 0 Å². The summed E-state index contributed by atoms with van der Waals surface area (Å²) < 4.78 is 16.7. The molecule has 0 amide bonds. The quantitative estimate of drug-likeness (QED) is 0.403. The number of hydrogen-bond acceptors (Lipinski definition) is 7. The van der Waals surface area contributed by atoms with Crippen molar-refractivity contribution in [3.05, 3.63) is 40.4 Å². The van der Waals surface area contributed by atoms with Crippen molar-refractivity contribution >= 4 is 11.9 Å². The van der Waals surface area contributed by atoms with Crippen molar-refractivity contribution in [1.29, 1.82) is 0 Å². The van der Waals surface area contributed by atoms with E-state index in [1.807, 2.05) is 12.5 Å². The largest absolute Gasteiger partial charge is 0.519 e. The summed E-state index contributed by atoms with van der Waals surface area (Å²) in [6.07, 6.45) is 10.7. The van der Waals surface area contributed by atoms with Gasteiger partial charge in [-0.1, -0.05) is 13.3 Å². The van der Waals surface area contributed by atoms with Crippen LogP contribution in [0.3, 0.4) is 0 Å². The van der Waals surface area contributed by atoms with Crippen LogP contribution in [0.4, 0.5) is 0 Å². The third-order valence-corrected chi connectivity index (χ3v) is 6.25. The predicted molar refractivity (Wildman–Crippen MR) is 114 cm³/mol. The molecule has 2 aromatic rings. The van der Waals surface area contributed by atoms with Gasteiger partial charge in [0.1, 0.15) is 0 Å². The number of imidazole rings is 1. The second-order valence-corrected chi connectivity index (χ2v) is 8.81. The molecule has 2 aromatic heterocycles. The summed E-state index contributed by atoms with van der Waals surface area (Å²) in [6, 6.07) is 0.459. The molecule has 1 aliphatic carbocycles. The lowest BCUT2D eigenvalue weighted by molar-refractivity contribution is -0.145. The predicted octanol–water partition coefficient (Wildman–Crippen LogP) is 4.04. The highest BCUT2D eigenvalue weighted by molar-refractivity contribution is 5.70. The number of aliphatic carboxylic acids is 1. The van der Waals surface area contributed by atoms with Crippen LogP contribution >= 0.6 is 0 Å². The normalized spacial score (nSPS) is 19.6. The summed E-state index contributed by atoms with van der Waals surface area (Å²) in [5.41, 5.74) is 0.799. The van der Waals surface area contributed by atoms with Crippen molar-refractivity contribution in [3.8, 4) is 0 Å². The standard InChI is InChI=1S/C23H32N2O7/c1-15-7-9-19(10-8-15)25-12-18(24-14-25)11-17(22(27)28)5-3-4-6-21(26)30-13-20-16(2)31-23(29)32-20/h12,14-15,17,19H,3-11,13H2,1-2H3,(H,27,28)/t15?,17-,19?/m0/s1. The summed E-state index contributed by atoms with van der Waals surface area (Å²) in [5, 5.41) is 9.59. The van der Waals surface area contributed by atoms with Gasteiger partial charge in [-0.2, -0.15) is 0 Å². The Labute approximate surface area is 186 Å². The molecule has 0 aliphatic heterocycles. The molecule has 3 rings (SSSR count). The topological polar surface area (TPSA) is 125 Å².